The van der Waals surface area contributed by atoms with Crippen molar-refractivity contribution in [2.75, 3.05) is 0 Å². The Morgan fingerprint density at radius 2 is 2.24 bits per heavy atom. The highest BCUT2D eigenvalue weighted by Gasteiger charge is 2.19. The third-order valence-electron chi connectivity index (χ3n) is 2.42. The zero-order valence-electron chi connectivity index (χ0n) is 9.89. The standard InChI is InChI=1S/C11H13N3O3/c1-4-14-8(5-6(2)13-14)10-12-9(11(15)16)7(3)17-10/h5H,4H2,1-3H3,(H,15,16). The van der Waals surface area contributed by atoms with Crippen LogP contribution in [0.1, 0.15) is 28.9 Å². The quantitative estimate of drug-likeness (QED) is 0.878. The lowest BCUT2D eigenvalue weighted by Crippen LogP contribution is -2.01. The molecule has 0 unspecified atom stereocenters. The van der Waals surface area contributed by atoms with Crippen LogP contribution in [0.15, 0.2) is 10.5 Å². The summed E-state index contributed by atoms with van der Waals surface area (Å²) in [6.07, 6.45) is 0. The molecule has 0 saturated carbocycles. The zero-order chi connectivity index (χ0) is 12.6. The number of carbonyl (C=O) groups is 1. The number of rotatable bonds is 3. The second-order valence-electron chi connectivity index (χ2n) is 3.72. The number of oxazole rings is 1. The van der Waals surface area contributed by atoms with Gasteiger partial charge in [0.2, 0.25) is 5.89 Å². The molecule has 0 aliphatic rings. The molecule has 17 heavy (non-hydrogen) atoms. The van der Waals surface area contributed by atoms with Gasteiger partial charge in [0.05, 0.1) is 5.69 Å². The predicted octanol–water partition coefficient (Wildman–Crippen LogP) is 1.87. The second-order valence-corrected chi connectivity index (χ2v) is 3.72. The number of hydrogen-bond donors (Lipinski definition) is 1. The fraction of sp³-hybridized carbons (Fsp3) is 0.364. The zero-order valence-corrected chi connectivity index (χ0v) is 9.89. The average molecular weight is 235 g/mol. The molecule has 6 heteroatoms. The van der Waals surface area contributed by atoms with E-state index in [1.807, 2.05) is 19.9 Å². The van der Waals surface area contributed by atoms with Gasteiger partial charge in [0.1, 0.15) is 11.5 Å². The van der Waals surface area contributed by atoms with Crippen molar-refractivity contribution in [1.29, 1.82) is 0 Å². The molecule has 0 aliphatic heterocycles. The summed E-state index contributed by atoms with van der Waals surface area (Å²) in [5, 5.41) is 13.2. The lowest BCUT2D eigenvalue weighted by atomic mass is 10.3. The fourth-order valence-electron chi connectivity index (χ4n) is 1.66. The fourth-order valence-corrected chi connectivity index (χ4v) is 1.66. The molecule has 0 spiro atoms. The van der Waals surface area contributed by atoms with Crippen LogP contribution in [-0.4, -0.2) is 25.8 Å². The van der Waals surface area contributed by atoms with Gasteiger partial charge in [0.15, 0.2) is 5.69 Å². The van der Waals surface area contributed by atoms with E-state index in [1.165, 1.54) is 0 Å². The molecular formula is C11H13N3O3. The Labute approximate surface area is 97.9 Å². The van der Waals surface area contributed by atoms with Gasteiger partial charge in [-0.2, -0.15) is 5.10 Å². The topological polar surface area (TPSA) is 81.2 Å². The molecule has 0 saturated heterocycles. The van der Waals surface area contributed by atoms with Crippen molar-refractivity contribution in [1.82, 2.24) is 14.8 Å². The normalized spacial score (nSPS) is 10.8. The highest BCUT2D eigenvalue weighted by atomic mass is 16.4. The molecule has 0 atom stereocenters. The van der Waals surface area contributed by atoms with Gasteiger partial charge in [0.25, 0.3) is 0 Å². The Balaban J connectivity index is 2.53. The summed E-state index contributed by atoms with van der Waals surface area (Å²) in [5.74, 6) is -0.492. The summed E-state index contributed by atoms with van der Waals surface area (Å²) in [6, 6.07) is 1.82. The van der Waals surface area contributed by atoms with Gasteiger partial charge in [-0.3, -0.25) is 4.68 Å². The van der Waals surface area contributed by atoms with Crippen molar-refractivity contribution < 1.29 is 14.3 Å². The minimum Gasteiger partial charge on any atom is -0.476 e. The first kappa shape index (κ1) is 11.4. The van der Waals surface area contributed by atoms with E-state index < -0.39 is 5.97 Å². The van der Waals surface area contributed by atoms with E-state index in [9.17, 15) is 4.79 Å². The van der Waals surface area contributed by atoms with Crippen molar-refractivity contribution in [3.63, 3.8) is 0 Å². The van der Waals surface area contributed by atoms with Crippen LogP contribution in [0.2, 0.25) is 0 Å². The maximum atomic E-state index is 10.9. The van der Waals surface area contributed by atoms with E-state index in [0.29, 0.717) is 23.9 Å². The highest BCUT2D eigenvalue weighted by Crippen LogP contribution is 2.22. The van der Waals surface area contributed by atoms with Gasteiger partial charge in [0, 0.05) is 6.54 Å². The SMILES string of the molecule is CCn1nc(C)cc1-c1nc(C(=O)O)c(C)o1. The van der Waals surface area contributed by atoms with Crippen molar-refractivity contribution in [2.45, 2.75) is 27.3 Å². The molecule has 2 aromatic rings. The lowest BCUT2D eigenvalue weighted by molar-refractivity contribution is 0.0689. The molecule has 0 bridgehead atoms. The summed E-state index contributed by atoms with van der Waals surface area (Å²) in [6.45, 7) is 6.07. The van der Waals surface area contributed by atoms with Crippen LogP contribution >= 0.6 is 0 Å². The Bertz CT molecular complexity index is 569. The van der Waals surface area contributed by atoms with E-state index >= 15 is 0 Å². The molecule has 0 amide bonds. The van der Waals surface area contributed by atoms with Crippen molar-refractivity contribution in [3.05, 3.63) is 23.2 Å². The summed E-state index contributed by atoms with van der Waals surface area (Å²) < 4.78 is 7.09. The third-order valence-corrected chi connectivity index (χ3v) is 2.42. The van der Waals surface area contributed by atoms with Crippen LogP contribution in [0, 0.1) is 13.8 Å². The minimum absolute atomic E-state index is 0.0542. The summed E-state index contributed by atoms with van der Waals surface area (Å²) in [7, 11) is 0. The third kappa shape index (κ3) is 1.93. The molecule has 1 N–H and O–H groups in total. The van der Waals surface area contributed by atoms with Crippen molar-refractivity contribution >= 4 is 5.97 Å². The molecule has 2 heterocycles. The van der Waals surface area contributed by atoms with Crippen LogP contribution in [0.3, 0.4) is 0 Å². The van der Waals surface area contributed by atoms with E-state index in [2.05, 4.69) is 10.1 Å². The molecular weight excluding hydrogens is 222 g/mol. The molecule has 2 aromatic heterocycles. The Morgan fingerprint density at radius 3 is 2.76 bits per heavy atom. The van der Waals surface area contributed by atoms with Crippen LogP contribution in [-0.2, 0) is 6.54 Å². The van der Waals surface area contributed by atoms with Crippen LogP contribution in [0.4, 0.5) is 0 Å². The molecule has 6 nitrogen and oxygen atoms in total. The van der Waals surface area contributed by atoms with E-state index in [0.717, 1.165) is 5.69 Å². The number of aryl methyl sites for hydroxylation is 3. The monoisotopic (exact) mass is 235 g/mol. The molecule has 0 radical (unpaired) electrons. The Hall–Kier alpha value is -2.11. The highest BCUT2D eigenvalue weighted by molar-refractivity contribution is 5.86. The molecule has 0 fully saturated rings. The minimum atomic E-state index is -1.09. The number of hydrogen-bond acceptors (Lipinski definition) is 4. The van der Waals surface area contributed by atoms with Gasteiger partial charge in [-0.25, -0.2) is 9.78 Å². The number of aromatic carboxylic acids is 1. The van der Waals surface area contributed by atoms with Crippen molar-refractivity contribution in [2.24, 2.45) is 0 Å². The first-order valence-electron chi connectivity index (χ1n) is 5.28. The maximum Gasteiger partial charge on any atom is 0.358 e. The first-order chi connectivity index (χ1) is 8.02. The predicted molar refractivity (Wildman–Crippen MR) is 59.8 cm³/mol. The van der Waals surface area contributed by atoms with Gasteiger partial charge < -0.3 is 9.52 Å². The van der Waals surface area contributed by atoms with Gasteiger partial charge in [-0.05, 0) is 26.8 Å². The molecule has 2 rings (SSSR count). The Kier molecular flexibility index (Phi) is 2.71. The smallest absolute Gasteiger partial charge is 0.358 e. The number of nitrogens with zero attached hydrogens (tertiary/aromatic N) is 3. The number of carboxylic acid groups (broad SMARTS) is 1. The van der Waals surface area contributed by atoms with Crippen LogP contribution in [0.5, 0.6) is 0 Å². The van der Waals surface area contributed by atoms with Gasteiger partial charge in [-0.1, -0.05) is 0 Å². The van der Waals surface area contributed by atoms with Crippen molar-refractivity contribution in [3.8, 4) is 11.6 Å². The number of aromatic nitrogens is 3. The summed E-state index contributed by atoms with van der Waals surface area (Å²) >= 11 is 0. The largest absolute Gasteiger partial charge is 0.476 e. The number of carboxylic acids is 1. The summed E-state index contributed by atoms with van der Waals surface area (Å²) in [4.78, 5) is 14.9. The molecule has 0 aromatic carbocycles. The van der Waals surface area contributed by atoms with E-state index in [-0.39, 0.29) is 5.69 Å². The first-order valence-corrected chi connectivity index (χ1v) is 5.28. The average Bonchev–Trinajstić information content (AvgIpc) is 2.81. The van der Waals surface area contributed by atoms with Crippen LogP contribution < -0.4 is 0 Å². The summed E-state index contributed by atoms with van der Waals surface area (Å²) in [5.41, 5.74) is 1.48. The van der Waals surface area contributed by atoms with Gasteiger partial charge in [-0.15, -0.1) is 0 Å². The van der Waals surface area contributed by atoms with Gasteiger partial charge >= 0.3 is 5.97 Å². The van der Waals surface area contributed by atoms with E-state index in [4.69, 9.17) is 9.52 Å². The van der Waals surface area contributed by atoms with E-state index in [1.54, 1.807) is 11.6 Å². The lowest BCUT2D eigenvalue weighted by Gasteiger charge is -1.98. The Morgan fingerprint density at radius 1 is 1.53 bits per heavy atom. The molecule has 0 aliphatic carbocycles. The van der Waals surface area contributed by atoms with Crippen LogP contribution in [0.25, 0.3) is 11.6 Å². The second kappa shape index (κ2) is 4.04. The maximum absolute atomic E-state index is 10.9. The molecule has 90 valence electrons.